The van der Waals surface area contributed by atoms with E-state index in [0.29, 0.717) is 21.8 Å². The maximum atomic E-state index is 13.4. The molecule has 0 radical (unpaired) electrons. The Morgan fingerprint density at radius 1 is 1.35 bits per heavy atom. The molecule has 1 unspecified atom stereocenters. The van der Waals surface area contributed by atoms with Crippen LogP contribution in [0, 0.1) is 5.82 Å². The third-order valence-corrected chi connectivity index (χ3v) is 4.09. The minimum atomic E-state index is -0.465. The van der Waals surface area contributed by atoms with Gasteiger partial charge in [0.05, 0.1) is 0 Å². The molecule has 1 atom stereocenters. The summed E-state index contributed by atoms with van der Waals surface area (Å²) in [4.78, 5) is 5.17. The minimum Gasteiger partial charge on any atom is -0.337 e. The fraction of sp³-hybridized carbons (Fsp3) is 0.0769. The molecule has 2 aromatic heterocycles. The highest BCUT2D eigenvalue weighted by Crippen LogP contribution is 2.26. The molecule has 20 heavy (non-hydrogen) atoms. The van der Waals surface area contributed by atoms with Gasteiger partial charge in [0.15, 0.2) is 0 Å². The zero-order valence-corrected chi connectivity index (χ0v) is 12.5. The molecule has 0 saturated heterocycles. The van der Waals surface area contributed by atoms with Crippen LogP contribution in [0.1, 0.15) is 16.8 Å². The fourth-order valence-electron chi connectivity index (χ4n) is 1.75. The number of rotatable bonds is 3. The van der Waals surface area contributed by atoms with Crippen LogP contribution in [0.5, 0.6) is 0 Å². The van der Waals surface area contributed by atoms with Crippen molar-refractivity contribution >= 4 is 27.3 Å². The maximum Gasteiger partial charge on any atom is 0.249 e. The van der Waals surface area contributed by atoms with E-state index in [1.807, 2.05) is 17.5 Å². The first-order valence-electron chi connectivity index (χ1n) is 5.72. The summed E-state index contributed by atoms with van der Waals surface area (Å²) in [6.45, 7) is 0. The van der Waals surface area contributed by atoms with E-state index in [9.17, 15) is 4.39 Å². The van der Waals surface area contributed by atoms with E-state index in [-0.39, 0.29) is 5.82 Å². The Balaban J connectivity index is 1.94. The largest absolute Gasteiger partial charge is 0.337 e. The SMILES string of the molecule is NC(c1nc(-c2cc(F)cc(Br)c2)no1)c1cccs1. The van der Waals surface area contributed by atoms with E-state index in [4.69, 9.17) is 10.3 Å². The second-order valence-corrected chi connectivity index (χ2v) is 6.00. The highest BCUT2D eigenvalue weighted by atomic mass is 79.9. The first kappa shape index (κ1) is 13.4. The van der Waals surface area contributed by atoms with Gasteiger partial charge < -0.3 is 10.3 Å². The Kier molecular flexibility index (Phi) is 3.64. The van der Waals surface area contributed by atoms with Gasteiger partial charge >= 0.3 is 0 Å². The lowest BCUT2D eigenvalue weighted by atomic mass is 10.2. The first-order valence-corrected chi connectivity index (χ1v) is 7.40. The van der Waals surface area contributed by atoms with Gasteiger partial charge in [-0.1, -0.05) is 27.2 Å². The molecule has 0 aliphatic rings. The zero-order chi connectivity index (χ0) is 14.1. The number of hydrogen-bond donors (Lipinski definition) is 1. The smallest absolute Gasteiger partial charge is 0.249 e. The lowest BCUT2D eigenvalue weighted by molar-refractivity contribution is 0.368. The average molecular weight is 354 g/mol. The van der Waals surface area contributed by atoms with E-state index in [1.54, 1.807) is 6.07 Å². The predicted molar refractivity (Wildman–Crippen MR) is 77.7 cm³/mol. The zero-order valence-electron chi connectivity index (χ0n) is 10.1. The van der Waals surface area contributed by atoms with Crippen molar-refractivity contribution in [2.75, 3.05) is 0 Å². The summed E-state index contributed by atoms with van der Waals surface area (Å²) >= 11 is 4.74. The summed E-state index contributed by atoms with van der Waals surface area (Å²) in [6, 6.07) is 7.76. The van der Waals surface area contributed by atoms with Gasteiger partial charge in [-0.05, 0) is 29.6 Å². The van der Waals surface area contributed by atoms with Gasteiger partial charge in [-0.2, -0.15) is 4.98 Å². The molecule has 3 rings (SSSR count). The van der Waals surface area contributed by atoms with Crippen LogP contribution in [0.4, 0.5) is 4.39 Å². The summed E-state index contributed by atoms with van der Waals surface area (Å²) in [5.74, 6) is 0.248. The van der Waals surface area contributed by atoms with E-state index in [1.165, 1.54) is 23.5 Å². The van der Waals surface area contributed by atoms with Crippen molar-refractivity contribution < 1.29 is 8.91 Å². The lowest BCUT2D eigenvalue weighted by Crippen LogP contribution is -2.10. The standard InChI is InChI=1S/C13H9BrFN3OS/c14-8-4-7(5-9(15)6-8)12-17-13(19-18-12)11(16)10-2-1-3-20-10/h1-6,11H,16H2. The lowest BCUT2D eigenvalue weighted by Gasteiger charge is -2.01. The van der Waals surface area contributed by atoms with E-state index >= 15 is 0 Å². The van der Waals surface area contributed by atoms with E-state index in [0.717, 1.165) is 4.88 Å². The molecule has 0 saturated carbocycles. The van der Waals surface area contributed by atoms with Gasteiger partial charge in [-0.15, -0.1) is 11.3 Å². The van der Waals surface area contributed by atoms with Crippen LogP contribution in [-0.4, -0.2) is 10.1 Å². The molecular formula is C13H9BrFN3OS. The van der Waals surface area contributed by atoms with Gasteiger partial charge in [0, 0.05) is 14.9 Å². The molecule has 4 nitrogen and oxygen atoms in total. The van der Waals surface area contributed by atoms with Gasteiger partial charge in [0.25, 0.3) is 0 Å². The molecular weight excluding hydrogens is 345 g/mol. The molecule has 7 heteroatoms. The van der Waals surface area contributed by atoms with Gasteiger partial charge in [-0.3, -0.25) is 0 Å². The molecule has 0 aliphatic heterocycles. The van der Waals surface area contributed by atoms with E-state index in [2.05, 4.69) is 26.1 Å². The number of aromatic nitrogens is 2. The third-order valence-electron chi connectivity index (χ3n) is 2.68. The second kappa shape index (κ2) is 5.43. The van der Waals surface area contributed by atoms with Crippen molar-refractivity contribution in [3.05, 3.63) is 56.8 Å². The van der Waals surface area contributed by atoms with Crippen LogP contribution < -0.4 is 5.73 Å². The Hall–Kier alpha value is -1.57. The van der Waals surface area contributed by atoms with Crippen molar-refractivity contribution in [3.8, 4) is 11.4 Å². The third kappa shape index (κ3) is 2.65. The molecule has 0 bridgehead atoms. The van der Waals surface area contributed by atoms with Crippen molar-refractivity contribution in [2.24, 2.45) is 5.73 Å². The Morgan fingerprint density at radius 2 is 2.20 bits per heavy atom. The quantitative estimate of drug-likeness (QED) is 0.778. The van der Waals surface area contributed by atoms with Crippen molar-refractivity contribution in [1.29, 1.82) is 0 Å². The van der Waals surface area contributed by atoms with Crippen molar-refractivity contribution in [3.63, 3.8) is 0 Å². The maximum absolute atomic E-state index is 13.4. The molecule has 2 heterocycles. The Morgan fingerprint density at radius 3 is 2.90 bits per heavy atom. The van der Waals surface area contributed by atoms with Gasteiger partial charge in [0.2, 0.25) is 11.7 Å². The highest BCUT2D eigenvalue weighted by Gasteiger charge is 2.18. The molecule has 0 spiro atoms. The first-order chi connectivity index (χ1) is 9.63. The molecule has 0 fully saturated rings. The fourth-order valence-corrected chi connectivity index (χ4v) is 2.94. The molecule has 0 amide bonds. The summed E-state index contributed by atoms with van der Waals surface area (Å²) in [5, 5.41) is 5.78. The van der Waals surface area contributed by atoms with Crippen LogP contribution in [0.25, 0.3) is 11.4 Å². The topological polar surface area (TPSA) is 64.9 Å². The second-order valence-electron chi connectivity index (χ2n) is 4.11. The summed E-state index contributed by atoms with van der Waals surface area (Å²) in [7, 11) is 0. The summed E-state index contributed by atoms with van der Waals surface area (Å²) < 4.78 is 19.1. The van der Waals surface area contributed by atoms with Crippen molar-refractivity contribution in [1.82, 2.24) is 10.1 Å². The molecule has 0 aliphatic carbocycles. The number of hydrogen-bond acceptors (Lipinski definition) is 5. The summed E-state index contributed by atoms with van der Waals surface area (Å²) in [6.07, 6.45) is 0. The molecule has 3 aromatic rings. The minimum absolute atomic E-state index is 0.308. The Bertz CT molecular complexity index is 709. The normalized spacial score (nSPS) is 12.6. The number of thiophene rings is 1. The van der Waals surface area contributed by atoms with Gasteiger partial charge in [0.1, 0.15) is 11.9 Å². The van der Waals surface area contributed by atoms with Crippen LogP contribution in [0.3, 0.4) is 0 Å². The molecule has 102 valence electrons. The van der Waals surface area contributed by atoms with Gasteiger partial charge in [-0.25, -0.2) is 4.39 Å². The number of nitrogens with two attached hydrogens (primary N) is 1. The number of benzene rings is 1. The monoisotopic (exact) mass is 353 g/mol. The molecule has 1 aromatic carbocycles. The van der Waals surface area contributed by atoms with Crippen LogP contribution >= 0.6 is 27.3 Å². The average Bonchev–Trinajstić information content (AvgIpc) is 3.09. The number of halogens is 2. The Labute approximate surface area is 126 Å². The van der Waals surface area contributed by atoms with Crippen LogP contribution in [0.15, 0.2) is 44.7 Å². The van der Waals surface area contributed by atoms with E-state index < -0.39 is 6.04 Å². The summed E-state index contributed by atoms with van der Waals surface area (Å²) in [5.41, 5.74) is 6.58. The predicted octanol–water partition coefficient (Wildman–Crippen LogP) is 3.75. The van der Waals surface area contributed by atoms with Crippen molar-refractivity contribution in [2.45, 2.75) is 6.04 Å². The van der Waals surface area contributed by atoms with Crippen LogP contribution in [-0.2, 0) is 0 Å². The molecule has 2 N–H and O–H groups in total. The highest BCUT2D eigenvalue weighted by molar-refractivity contribution is 9.10. The van der Waals surface area contributed by atoms with Crippen LogP contribution in [0.2, 0.25) is 0 Å². The number of nitrogens with zero attached hydrogens (tertiary/aromatic N) is 2.